The van der Waals surface area contributed by atoms with E-state index < -0.39 is 0 Å². The van der Waals surface area contributed by atoms with Crippen LogP contribution >= 0.6 is 23.4 Å². The van der Waals surface area contributed by atoms with Crippen molar-refractivity contribution in [2.24, 2.45) is 5.73 Å². The lowest BCUT2D eigenvalue weighted by Crippen LogP contribution is -2.42. The Hall–Kier alpha value is -0.710. The Kier molecular flexibility index (Phi) is 4.92. The number of rotatable bonds is 7. The molecule has 1 amide bonds. The molecular formula is C13H17ClN2OS. The van der Waals surface area contributed by atoms with Crippen LogP contribution in [0.3, 0.4) is 0 Å². The minimum Gasteiger partial charge on any atom is -0.368 e. The number of amides is 1. The Morgan fingerprint density at radius 1 is 1.50 bits per heavy atom. The van der Waals surface area contributed by atoms with Crippen LogP contribution in [0.1, 0.15) is 19.3 Å². The van der Waals surface area contributed by atoms with E-state index in [2.05, 4.69) is 5.32 Å². The minimum absolute atomic E-state index is 0.215. The zero-order chi connectivity index (χ0) is 13.0. The quantitative estimate of drug-likeness (QED) is 0.756. The van der Waals surface area contributed by atoms with Crippen LogP contribution in [0.15, 0.2) is 29.2 Å². The van der Waals surface area contributed by atoms with Crippen molar-refractivity contribution in [3.05, 3.63) is 29.3 Å². The third-order valence-electron chi connectivity index (χ3n) is 2.86. The lowest BCUT2D eigenvalue weighted by molar-refractivity contribution is -0.120. The Morgan fingerprint density at radius 2 is 2.22 bits per heavy atom. The second-order valence-corrected chi connectivity index (χ2v) is 6.01. The maximum absolute atomic E-state index is 11.3. The van der Waals surface area contributed by atoms with E-state index in [1.807, 2.05) is 24.3 Å². The van der Waals surface area contributed by atoms with E-state index in [-0.39, 0.29) is 11.9 Å². The zero-order valence-corrected chi connectivity index (χ0v) is 11.6. The van der Waals surface area contributed by atoms with Crippen molar-refractivity contribution < 1.29 is 4.79 Å². The van der Waals surface area contributed by atoms with Crippen molar-refractivity contribution >= 4 is 29.3 Å². The van der Waals surface area contributed by atoms with Gasteiger partial charge in [-0.05, 0) is 31.4 Å². The van der Waals surface area contributed by atoms with Crippen LogP contribution in [0.25, 0.3) is 0 Å². The normalized spacial score (nSPS) is 16.5. The van der Waals surface area contributed by atoms with Crippen molar-refractivity contribution in [3.8, 4) is 0 Å². The molecule has 1 aromatic rings. The van der Waals surface area contributed by atoms with Crippen LogP contribution in [-0.2, 0) is 4.79 Å². The van der Waals surface area contributed by atoms with E-state index in [0.717, 1.165) is 34.9 Å². The highest BCUT2D eigenvalue weighted by atomic mass is 35.5. The van der Waals surface area contributed by atoms with E-state index in [0.29, 0.717) is 6.04 Å². The number of thioether (sulfide) groups is 1. The fourth-order valence-corrected chi connectivity index (χ4v) is 2.94. The van der Waals surface area contributed by atoms with E-state index in [1.165, 1.54) is 0 Å². The third kappa shape index (κ3) is 4.19. The first kappa shape index (κ1) is 13.7. The van der Waals surface area contributed by atoms with Crippen LogP contribution in [0, 0.1) is 0 Å². The van der Waals surface area contributed by atoms with E-state index >= 15 is 0 Å². The smallest absolute Gasteiger partial charge is 0.234 e. The van der Waals surface area contributed by atoms with Crippen molar-refractivity contribution in [1.82, 2.24) is 5.32 Å². The second-order valence-electron chi connectivity index (χ2n) is 4.46. The van der Waals surface area contributed by atoms with Crippen molar-refractivity contribution in [2.45, 2.75) is 36.2 Å². The lowest BCUT2D eigenvalue weighted by Gasteiger charge is -2.14. The number of carbonyl (C=O) groups excluding carboxylic acids is 1. The molecule has 1 atom stereocenters. The molecule has 3 N–H and O–H groups in total. The van der Waals surface area contributed by atoms with Crippen LogP contribution < -0.4 is 11.1 Å². The molecule has 3 nitrogen and oxygen atoms in total. The average Bonchev–Trinajstić information content (AvgIpc) is 3.14. The number of nitrogens with one attached hydrogen (secondary N) is 1. The van der Waals surface area contributed by atoms with Gasteiger partial charge in [0, 0.05) is 16.7 Å². The van der Waals surface area contributed by atoms with Crippen molar-refractivity contribution in [2.75, 3.05) is 5.75 Å². The minimum atomic E-state index is -0.262. The number of nitrogens with two attached hydrogens (primary N) is 1. The van der Waals surface area contributed by atoms with Gasteiger partial charge in [-0.15, -0.1) is 11.8 Å². The van der Waals surface area contributed by atoms with Gasteiger partial charge < -0.3 is 11.1 Å². The van der Waals surface area contributed by atoms with Gasteiger partial charge in [-0.3, -0.25) is 4.79 Å². The van der Waals surface area contributed by atoms with Crippen molar-refractivity contribution in [3.63, 3.8) is 0 Å². The molecule has 0 saturated heterocycles. The summed E-state index contributed by atoms with van der Waals surface area (Å²) in [6, 6.07) is 8.01. The number of hydrogen-bond acceptors (Lipinski definition) is 3. The Morgan fingerprint density at radius 3 is 2.83 bits per heavy atom. The van der Waals surface area contributed by atoms with E-state index in [4.69, 9.17) is 17.3 Å². The lowest BCUT2D eigenvalue weighted by atomic mass is 10.2. The predicted molar refractivity (Wildman–Crippen MR) is 75.9 cm³/mol. The zero-order valence-electron chi connectivity index (χ0n) is 10.1. The average molecular weight is 285 g/mol. The Bertz CT molecular complexity index is 423. The molecule has 0 radical (unpaired) electrons. The fraction of sp³-hybridized carbons (Fsp3) is 0.462. The molecule has 0 spiro atoms. The summed E-state index contributed by atoms with van der Waals surface area (Å²) in [6.07, 6.45) is 3.05. The first-order valence-corrected chi connectivity index (χ1v) is 7.46. The summed E-state index contributed by atoms with van der Waals surface area (Å²) in [5.41, 5.74) is 5.39. The summed E-state index contributed by atoms with van der Waals surface area (Å²) in [5, 5.41) is 4.03. The molecule has 18 heavy (non-hydrogen) atoms. The monoisotopic (exact) mass is 284 g/mol. The molecule has 1 unspecified atom stereocenters. The molecule has 0 bridgehead atoms. The van der Waals surface area contributed by atoms with Gasteiger partial charge in [-0.1, -0.05) is 23.7 Å². The molecule has 5 heteroatoms. The molecular weight excluding hydrogens is 268 g/mol. The second kappa shape index (κ2) is 6.45. The molecule has 0 aliphatic heterocycles. The molecule has 1 aromatic carbocycles. The maximum Gasteiger partial charge on any atom is 0.234 e. The Balaban J connectivity index is 1.79. The van der Waals surface area contributed by atoms with Gasteiger partial charge in [0.1, 0.15) is 0 Å². The van der Waals surface area contributed by atoms with Gasteiger partial charge in [-0.2, -0.15) is 0 Å². The molecule has 0 heterocycles. The highest BCUT2D eigenvalue weighted by Gasteiger charge is 2.26. The molecule has 1 aliphatic carbocycles. The van der Waals surface area contributed by atoms with Crippen LogP contribution in [0.2, 0.25) is 5.02 Å². The molecule has 1 aliphatic rings. The topological polar surface area (TPSA) is 55.1 Å². The van der Waals surface area contributed by atoms with Gasteiger partial charge in [-0.25, -0.2) is 0 Å². The molecule has 98 valence electrons. The SMILES string of the molecule is NC(=O)C(CCSc1ccccc1Cl)NC1CC1. The molecule has 0 aromatic heterocycles. The number of halogens is 1. The van der Waals surface area contributed by atoms with Gasteiger partial charge in [0.05, 0.1) is 11.1 Å². The summed E-state index contributed by atoms with van der Waals surface area (Å²) >= 11 is 7.73. The first-order chi connectivity index (χ1) is 8.66. The largest absolute Gasteiger partial charge is 0.368 e. The van der Waals surface area contributed by atoms with Gasteiger partial charge in [0.25, 0.3) is 0 Å². The van der Waals surface area contributed by atoms with E-state index in [1.54, 1.807) is 11.8 Å². The van der Waals surface area contributed by atoms with Crippen LogP contribution in [-0.4, -0.2) is 23.7 Å². The summed E-state index contributed by atoms with van der Waals surface area (Å²) in [4.78, 5) is 12.3. The highest BCUT2D eigenvalue weighted by molar-refractivity contribution is 7.99. The fourth-order valence-electron chi connectivity index (χ4n) is 1.69. The van der Waals surface area contributed by atoms with Gasteiger partial charge in [0.15, 0.2) is 0 Å². The third-order valence-corrected chi connectivity index (χ3v) is 4.41. The summed E-state index contributed by atoms with van der Waals surface area (Å²) in [7, 11) is 0. The number of benzene rings is 1. The first-order valence-electron chi connectivity index (χ1n) is 6.09. The summed E-state index contributed by atoms with van der Waals surface area (Å²) in [6.45, 7) is 0. The number of hydrogen-bond donors (Lipinski definition) is 2. The number of carbonyl (C=O) groups is 1. The van der Waals surface area contributed by atoms with Gasteiger partial charge in [0.2, 0.25) is 5.91 Å². The number of primary amides is 1. The Labute approximate surface area is 116 Å². The molecule has 2 rings (SSSR count). The standard InChI is InChI=1S/C13H17ClN2OS/c14-10-3-1-2-4-12(10)18-8-7-11(13(15)17)16-9-5-6-9/h1-4,9,11,16H,5-8H2,(H2,15,17). The van der Waals surface area contributed by atoms with Crippen LogP contribution in [0.5, 0.6) is 0 Å². The van der Waals surface area contributed by atoms with Gasteiger partial charge >= 0.3 is 0 Å². The molecule has 1 fully saturated rings. The summed E-state index contributed by atoms with van der Waals surface area (Å²) < 4.78 is 0. The van der Waals surface area contributed by atoms with E-state index in [9.17, 15) is 4.79 Å². The highest BCUT2D eigenvalue weighted by Crippen LogP contribution is 2.27. The maximum atomic E-state index is 11.3. The predicted octanol–water partition coefficient (Wildman–Crippen LogP) is 2.43. The molecule has 1 saturated carbocycles. The van der Waals surface area contributed by atoms with Crippen LogP contribution in [0.4, 0.5) is 0 Å². The summed E-state index contributed by atoms with van der Waals surface area (Å²) in [5.74, 6) is 0.568. The van der Waals surface area contributed by atoms with Crippen molar-refractivity contribution in [1.29, 1.82) is 0 Å².